The Labute approximate surface area is 126 Å². The summed E-state index contributed by atoms with van der Waals surface area (Å²) in [6.45, 7) is 8.78. The van der Waals surface area contributed by atoms with Gasteiger partial charge in [-0.25, -0.2) is 4.98 Å². The Morgan fingerprint density at radius 1 is 1.40 bits per heavy atom. The largest absolute Gasteiger partial charge is 0.350 e. The first-order valence-electron chi connectivity index (χ1n) is 6.74. The van der Waals surface area contributed by atoms with Gasteiger partial charge in [-0.2, -0.15) is 0 Å². The molecule has 0 saturated carbocycles. The molecule has 0 aliphatic rings. The maximum Gasteiger partial charge on any atom is 0.251 e. The molecule has 0 aliphatic carbocycles. The molecule has 0 spiro atoms. The van der Waals surface area contributed by atoms with Crippen LogP contribution in [0.1, 0.15) is 43.7 Å². The number of hydrogen-bond donors (Lipinski definition) is 1. The number of carbonyl (C=O) groups excluding carboxylic acids is 1. The molecule has 4 nitrogen and oxygen atoms in total. The maximum atomic E-state index is 12.2. The Hall–Kier alpha value is -1.13. The minimum Gasteiger partial charge on any atom is -0.350 e. The minimum atomic E-state index is -0.142. The number of hydrogen-bond acceptors (Lipinski definition) is 3. The number of amides is 1. The first-order chi connectivity index (χ1) is 9.11. The highest BCUT2D eigenvalue weighted by Gasteiger charge is 2.19. The van der Waals surface area contributed by atoms with E-state index in [1.807, 2.05) is 40.9 Å². The molecule has 0 radical (unpaired) electrons. The molecular formula is C15H24ClN3O. The summed E-state index contributed by atoms with van der Waals surface area (Å²) in [4.78, 5) is 18.5. The Kier molecular flexibility index (Phi) is 5.54. The van der Waals surface area contributed by atoms with Crippen LogP contribution in [0.2, 0.25) is 5.15 Å². The molecule has 1 aromatic heterocycles. The Balaban J connectivity index is 2.86. The Morgan fingerprint density at radius 2 is 2.00 bits per heavy atom. The quantitative estimate of drug-likeness (QED) is 0.869. The van der Waals surface area contributed by atoms with E-state index in [2.05, 4.69) is 22.1 Å². The summed E-state index contributed by atoms with van der Waals surface area (Å²) < 4.78 is 0. The van der Waals surface area contributed by atoms with Crippen molar-refractivity contribution < 1.29 is 4.79 Å². The number of nitrogens with zero attached hydrogens (tertiary/aromatic N) is 2. The Morgan fingerprint density at radius 3 is 2.50 bits per heavy atom. The molecule has 1 aromatic rings. The summed E-state index contributed by atoms with van der Waals surface area (Å²) in [5.41, 5.74) is 1.23. The third-order valence-corrected chi connectivity index (χ3v) is 3.46. The van der Waals surface area contributed by atoms with Gasteiger partial charge in [0.05, 0.1) is 0 Å². The average molecular weight is 298 g/mol. The van der Waals surface area contributed by atoms with Crippen molar-refractivity contribution in [3.05, 3.63) is 28.5 Å². The van der Waals surface area contributed by atoms with Crippen molar-refractivity contribution in [1.82, 2.24) is 15.2 Å². The molecule has 1 N–H and O–H groups in total. The fourth-order valence-electron chi connectivity index (χ4n) is 1.54. The number of aromatic nitrogens is 1. The summed E-state index contributed by atoms with van der Waals surface area (Å²) >= 11 is 6.01. The van der Waals surface area contributed by atoms with Gasteiger partial charge in [0.1, 0.15) is 5.15 Å². The third-order valence-electron chi connectivity index (χ3n) is 3.26. The highest BCUT2D eigenvalue weighted by Crippen LogP contribution is 2.23. The number of pyridine rings is 1. The summed E-state index contributed by atoms with van der Waals surface area (Å²) in [6.07, 6.45) is 0. The lowest BCUT2D eigenvalue weighted by Gasteiger charge is -2.21. The van der Waals surface area contributed by atoms with E-state index in [0.717, 1.165) is 5.69 Å². The van der Waals surface area contributed by atoms with Crippen LogP contribution in [0.5, 0.6) is 0 Å². The van der Waals surface area contributed by atoms with Crippen molar-refractivity contribution in [2.24, 2.45) is 0 Å². The van der Waals surface area contributed by atoms with Gasteiger partial charge < -0.3 is 10.2 Å². The number of likely N-dealkylation sites (N-methyl/N-ethyl adjacent to an activating group) is 1. The number of rotatable bonds is 4. The van der Waals surface area contributed by atoms with E-state index in [1.54, 1.807) is 6.07 Å². The van der Waals surface area contributed by atoms with Gasteiger partial charge in [-0.15, -0.1) is 0 Å². The minimum absolute atomic E-state index is 0.117. The van der Waals surface area contributed by atoms with Gasteiger partial charge >= 0.3 is 0 Å². The van der Waals surface area contributed by atoms with E-state index < -0.39 is 0 Å². The normalized spacial score (nSPS) is 13.4. The van der Waals surface area contributed by atoms with Crippen LogP contribution in [-0.4, -0.2) is 42.5 Å². The topological polar surface area (TPSA) is 45.2 Å². The molecule has 1 unspecified atom stereocenters. The van der Waals surface area contributed by atoms with Gasteiger partial charge in [-0.1, -0.05) is 32.4 Å². The van der Waals surface area contributed by atoms with E-state index >= 15 is 0 Å². The molecule has 0 aliphatic heterocycles. The molecule has 5 heteroatoms. The molecular weight excluding hydrogens is 274 g/mol. The van der Waals surface area contributed by atoms with Crippen molar-refractivity contribution in [2.45, 2.75) is 39.2 Å². The van der Waals surface area contributed by atoms with Crippen molar-refractivity contribution in [1.29, 1.82) is 0 Å². The van der Waals surface area contributed by atoms with E-state index in [1.165, 1.54) is 0 Å². The average Bonchev–Trinajstić information content (AvgIpc) is 2.33. The number of carbonyl (C=O) groups is 1. The summed E-state index contributed by atoms with van der Waals surface area (Å²) in [5.74, 6) is -0.117. The van der Waals surface area contributed by atoms with Crippen LogP contribution in [0.25, 0.3) is 0 Å². The second-order valence-electron chi connectivity index (χ2n) is 6.34. The van der Waals surface area contributed by atoms with Crippen LogP contribution in [0, 0.1) is 0 Å². The highest BCUT2D eigenvalue weighted by molar-refractivity contribution is 6.29. The van der Waals surface area contributed by atoms with Crippen LogP contribution in [0.4, 0.5) is 0 Å². The van der Waals surface area contributed by atoms with Gasteiger partial charge in [-0.3, -0.25) is 4.79 Å². The summed E-state index contributed by atoms with van der Waals surface area (Å²) in [5, 5.41) is 3.27. The van der Waals surface area contributed by atoms with Crippen LogP contribution in [0.3, 0.4) is 0 Å². The third kappa shape index (κ3) is 4.76. The van der Waals surface area contributed by atoms with Gasteiger partial charge in [0.2, 0.25) is 0 Å². The fraction of sp³-hybridized carbons (Fsp3) is 0.600. The smallest absolute Gasteiger partial charge is 0.251 e. The maximum absolute atomic E-state index is 12.2. The molecule has 1 amide bonds. The van der Waals surface area contributed by atoms with E-state index in [-0.39, 0.29) is 17.4 Å². The zero-order valence-corrected chi connectivity index (χ0v) is 13.9. The van der Waals surface area contributed by atoms with Crippen LogP contribution < -0.4 is 5.32 Å². The molecule has 0 fully saturated rings. The van der Waals surface area contributed by atoms with Gasteiger partial charge in [0.25, 0.3) is 5.91 Å². The van der Waals surface area contributed by atoms with Crippen molar-refractivity contribution in [2.75, 3.05) is 20.6 Å². The fourth-order valence-corrected chi connectivity index (χ4v) is 1.75. The van der Waals surface area contributed by atoms with Crippen LogP contribution >= 0.6 is 11.6 Å². The van der Waals surface area contributed by atoms with Crippen molar-refractivity contribution in [3.63, 3.8) is 0 Å². The number of halogens is 1. The molecule has 0 bridgehead atoms. The summed E-state index contributed by atoms with van der Waals surface area (Å²) in [6, 6.07) is 3.69. The zero-order valence-electron chi connectivity index (χ0n) is 13.1. The van der Waals surface area contributed by atoms with Crippen molar-refractivity contribution >= 4 is 17.5 Å². The van der Waals surface area contributed by atoms with E-state index in [4.69, 9.17) is 11.6 Å². The molecule has 1 rings (SSSR count). The first kappa shape index (κ1) is 16.9. The predicted molar refractivity (Wildman–Crippen MR) is 83.4 cm³/mol. The lowest BCUT2D eigenvalue weighted by atomic mass is 9.91. The van der Waals surface area contributed by atoms with E-state index in [0.29, 0.717) is 17.3 Å². The van der Waals surface area contributed by atoms with Gasteiger partial charge in [0, 0.05) is 29.3 Å². The molecule has 20 heavy (non-hydrogen) atoms. The first-order valence-corrected chi connectivity index (χ1v) is 7.11. The molecule has 1 atom stereocenters. The monoisotopic (exact) mass is 297 g/mol. The molecule has 0 aromatic carbocycles. The predicted octanol–water partition coefficient (Wildman–Crippen LogP) is 2.71. The summed E-state index contributed by atoms with van der Waals surface area (Å²) in [7, 11) is 3.97. The molecule has 0 saturated heterocycles. The van der Waals surface area contributed by atoms with Crippen molar-refractivity contribution in [3.8, 4) is 0 Å². The lowest BCUT2D eigenvalue weighted by Crippen LogP contribution is -2.38. The standard InChI is InChI=1S/C15H24ClN3O/c1-10(19(5)6)9-17-14(20)11-7-12(15(2,3)4)18-13(16)8-11/h7-8,10H,9H2,1-6H3,(H,17,20). The second kappa shape index (κ2) is 6.55. The van der Waals surface area contributed by atoms with Gasteiger partial charge in [-0.05, 0) is 33.2 Å². The lowest BCUT2D eigenvalue weighted by molar-refractivity contribution is 0.0943. The molecule has 112 valence electrons. The molecule has 1 heterocycles. The van der Waals surface area contributed by atoms with Gasteiger partial charge in [0.15, 0.2) is 0 Å². The highest BCUT2D eigenvalue weighted by atomic mass is 35.5. The zero-order chi connectivity index (χ0) is 15.5. The van der Waals surface area contributed by atoms with E-state index in [9.17, 15) is 4.79 Å². The Bertz CT molecular complexity index is 480. The second-order valence-corrected chi connectivity index (χ2v) is 6.72. The SMILES string of the molecule is CC(CNC(=O)c1cc(Cl)nc(C(C)(C)C)c1)N(C)C. The number of nitrogens with one attached hydrogen (secondary N) is 1. The van der Waals surface area contributed by atoms with Crippen LogP contribution in [0.15, 0.2) is 12.1 Å². The van der Waals surface area contributed by atoms with Crippen LogP contribution in [-0.2, 0) is 5.41 Å².